The molecule has 0 N–H and O–H groups in total. The molecule has 1 amide bonds. The van der Waals surface area contributed by atoms with Crippen LogP contribution in [0.4, 0.5) is 0 Å². The first-order valence-electron chi connectivity index (χ1n) is 9.28. The van der Waals surface area contributed by atoms with Gasteiger partial charge in [0.15, 0.2) is 4.93 Å². The van der Waals surface area contributed by atoms with Crippen LogP contribution >= 0.6 is 11.8 Å². The van der Waals surface area contributed by atoms with Crippen LogP contribution in [0, 0.1) is 5.92 Å². The molecule has 1 saturated carbocycles. The minimum atomic E-state index is -0.889. The highest BCUT2D eigenvalue weighted by atomic mass is 32.2. The Morgan fingerprint density at radius 3 is 2.56 bits per heavy atom. The standard InChI is InChI=1S/C20H27NO3S/c1-20(24-14-13-23-17-11-7-4-8-12-17)19(22)21-18(25-20)15-16-9-5-2-3-6-10-16/h4,7-8,11-12,16H,2-3,5-6,9-10,13-15H2,1H3. The third kappa shape index (κ3) is 5.32. The van der Waals surface area contributed by atoms with Crippen LogP contribution in [0.1, 0.15) is 51.9 Å². The van der Waals surface area contributed by atoms with E-state index in [-0.39, 0.29) is 5.91 Å². The fourth-order valence-corrected chi connectivity index (χ4v) is 4.58. The molecule has 1 fully saturated rings. The summed E-state index contributed by atoms with van der Waals surface area (Å²) in [5.74, 6) is 1.32. The maximum Gasteiger partial charge on any atom is 0.289 e. The lowest BCUT2D eigenvalue weighted by atomic mass is 9.97. The Morgan fingerprint density at radius 1 is 1.12 bits per heavy atom. The number of amides is 1. The van der Waals surface area contributed by atoms with Gasteiger partial charge in [-0.05, 0) is 31.4 Å². The smallest absolute Gasteiger partial charge is 0.289 e. The van der Waals surface area contributed by atoms with Crippen LogP contribution in [-0.2, 0) is 9.53 Å². The van der Waals surface area contributed by atoms with Gasteiger partial charge in [-0.2, -0.15) is 0 Å². The summed E-state index contributed by atoms with van der Waals surface area (Å²) < 4.78 is 11.5. The van der Waals surface area contributed by atoms with E-state index in [2.05, 4.69) is 4.99 Å². The Bertz CT molecular complexity index is 596. The number of hydrogen-bond acceptors (Lipinski definition) is 4. The first kappa shape index (κ1) is 18.5. The molecule has 1 aliphatic heterocycles. The molecule has 0 radical (unpaired) electrons. The Kier molecular flexibility index (Phi) is 6.54. The third-order valence-electron chi connectivity index (χ3n) is 4.84. The lowest BCUT2D eigenvalue weighted by Crippen LogP contribution is -2.32. The van der Waals surface area contributed by atoms with E-state index in [4.69, 9.17) is 9.47 Å². The predicted octanol–water partition coefficient (Wildman–Crippen LogP) is 4.83. The van der Waals surface area contributed by atoms with Crippen LogP contribution in [0.3, 0.4) is 0 Å². The molecule has 1 heterocycles. The van der Waals surface area contributed by atoms with E-state index in [0.29, 0.717) is 19.1 Å². The molecule has 0 spiro atoms. The molecule has 1 aliphatic carbocycles. The predicted molar refractivity (Wildman–Crippen MR) is 102 cm³/mol. The summed E-state index contributed by atoms with van der Waals surface area (Å²) >= 11 is 1.49. The van der Waals surface area contributed by atoms with Gasteiger partial charge in [0, 0.05) is 0 Å². The summed E-state index contributed by atoms with van der Waals surface area (Å²) in [6.07, 6.45) is 8.75. The quantitative estimate of drug-likeness (QED) is 0.515. The van der Waals surface area contributed by atoms with Crippen LogP contribution in [0.2, 0.25) is 0 Å². The lowest BCUT2D eigenvalue weighted by Gasteiger charge is -2.21. The van der Waals surface area contributed by atoms with Crippen molar-refractivity contribution >= 4 is 22.7 Å². The monoisotopic (exact) mass is 361 g/mol. The molecular formula is C20H27NO3S. The van der Waals surface area contributed by atoms with Gasteiger partial charge < -0.3 is 9.47 Å². The topological polar surface area (TPSA) is 47.9 Å². The van der Waals surface area contributed by atoms with E-state index in [9.17, 15) is 4.79 Å². The summed E-state index contributed by atoms with van der Waals surface area (Å²) in [5, 5.41) is 0.948. The molecule has 1 aromatic rings. The fraction of sp³-hybridized carbons (Fsp3) is 0.600. The van der Waals surface area contributed by atoms with Gasteiger partial charge in [0.25, 0.3) is 5.91 Å². The summed E-state index contributed by atoms with van der Waals surface area (Å²) in [6, 6.07) is 9.63. The van der Waals surface area contributed by atoms with Crippen molar-refractivity contribution in [2.45, 2.75) is 56.8 Å². The zero-order valence-electron chi connectivity index (χ0n) is 14.9. The van der Waals surface area contributed by atoms with E-state index in [1.807, 2.05) is 37.3 Å². The van der Waals surface area contributed by atoms with Gasteiger partial charge in [-0.15, -0.1) is 0 Å². The van der Waals surface area contributed by atoms with Gasteiger partial charge in [-0.25, -0.2) is 4.99 Å². The third-order valence-corrected chi connectivity index (χ3v) is 6.01. The summed E-state index contributed by atoms with van der Waals surface area (Å²) in [6.45, 7) is 2.62. The van der Waals surface area contributed by atoms with Crippen molar-refractivity contribution in [3.05, 3.63) is 30.3 Å². The van der Waals surface area contributed by atoms with Crippen molar-refractivity contribution < 1.29 is 14.3 Å². The van der Waals surface area contributed by atoms with Crippen molar-refractivity contribution in [3.63, 3.8) is 0 Å². The number of para-hydroxylation sites is 1. The van der Waals surface area contributed by atoms with Gasteiger partial charge in [0.05, 0.1) is 11.7 Å². The summed E-state index contributed by atoms with van der Waals surface area (Å²) in [7, 11) is 0. The normalized spacial score (nSPS) is 24.8. The molecule has 3 rings (SSSR count). The van der Waals surface area contributed by atoms with Crippen LogP contribution in [0.5, 0.6) is 5.75 Å². The number of nitrogens with zero attached hydrogens (tertiary/aromatic N) is 1. The van der Waals surface area contributed by atoms with Crippen molar-refractivity contribution in [1.29, 1.82) is 0 Å². The van der Waals surface area contributed by atoms with Gasteiger partial charge in [0.2, 0.25) is 0 Å². The van der Waals surface area contributed by atoms with Gasteiger partial charge >= 0.3 is 0 Å². The van der Waals surface area contributed by atoms with Crippen molar-refractivity contribution in [3.8, 4) is 5.75 Å². The first-order valence-corrected chi connectivity index (χ1v) is 10.1. The Labute approximate surface area is 154 Å². The highest BCUT2D eigenvalue weighted by Gasteiger charge is 2.42. The van der Waals surface area contributed by atoms with Crippen LogP contribution in [-0.4, -0.2) is 29.1 Å². The Balaban J connectivity index is 1.43. The van der Waals surface area contributed by atoms with Crippen LogP contribution < -0.4 is 4.74 Å². The molecule has 1 atom stereocenters. The van der Waals surface area contributed by atoms with E-state index in [1.54, 1.807) is 0 Å². The number of carbonyl (C=O) groups is 1. The molecule has 0 bridgehead atoms. The first-order chi connectivity index (χ1) is 12.2. The number of ether oxygens (including phenoxy) is 2. The van der Waals surface area contributed by atoms with Crippen LogP contribution in [0.25, 0.3) is 0 Å². The molecule has 0 aromatic heterocycles. The number of aliphatic imine (C=N–C) groups is 1. The molecule has 1 aromatic carbocycles. The molecule has 1 unspecified atom stereocenters. The van der Waals surface area contributed by atoms with Gasteiger partial charge in [-0.1, -0.05) is 68.5 Å². The van der Waals surface area contributed by atoms with Crippen molar-refractivity contribution in [2.75, 3.05) is 13.2 Å². The SMILES string of the molecule is CC1(OCCOc2ccccc2)SC(CC2CCCCCC2)=NC1=O. The van der Waals surface area contributed by atoms with Crippen molar-refractivity contribution in [1.82, 2.24) is 0 Å². The fourth-order valence-electron chi connectivity index (χ4n) is 3.41. The maximum atomic E-state index is 12.3. The highest BCUT2D eigenvalue weighted by Crippen LogP contribution is 2.39. The maximum absolute atomic E-state index is 12.3. The Hall–Kier alpha value is -1.33. The highest BCUT2D eigenvalue weighted by molar-refractivity contribution is 8.16. The zero-order valence-corrected chi connectivity index (χ0v) is 15.7. The largest absolute Gasteiger partial charge is 0.491 e. The molecule has 0 saturated heterocycles. The molecular weight excluding hydrogens is 334 g/mol. The molecule has 5 heteroatoms. The van der Waals surface area contributed by atoms with E-state index >= 15 is 0 Å². The second kappa shape index (κ2) is 8.86. The number of carbonyl (C=O) groups excluding carboxylic acids is 1. The van der Waals surface area contributed by atoms with E-state index in [1.165, 1.54) is 50.3 Å². The van der Waals surface area contributed by atoms with Crippen molar-refractivity contribution in [2.24, 2.45) is 10.9 Å². The zero-order chi connectivity index (χ0) is 17.5. The second-order valence-corrected chi connectivity index (χ2v) is 8.38. The molecule has 25 heavy (non-hydrogen) atoms. The number of thioether (sulfide) groups is 1. The minimum Gasteiger partial charge on any atom is -0.491 e. The van der Waals surface area contributed by atoms with E-state index < -0.39 is 4.93 Å². The average Bonchev–Trinajstić information content (AvgIpc) is 2.79. The average molecular weight is 362 g/mol. The molecule has 4 nitrogen and oxygen atoms in total. The Morgan fingerprint density at radius 2 is 1.84 bits per heavy atom. The van der Waals surface area contributed by atoms with E-state index in [0.717, 1.165) is 17.2 Å². The molecule has 136 valence electrons. The molecule has 2 aliphatic rings. The number of benzene rings is 1. The number of rotatable bonds is 7. The summed E-state index contributed by atoms with van der Waals surface area (Å²) in [4.78, 5) is 15.7. The summed E-state index contributed by atoms with van der Waals surface area (Å²) in [5.41, 5.74) is 0. The van der Waals surface area contributed by atoms with Crippen LogP contribution in [0.15, 0.2) is 35.3 Å². The number of hydrogen-bond donors (Lipinski definition) is 0. The lowest BCUT2D eigenvalue weighted by molar-refractivity contribution is -0.131. The van der Waals surface area contributed by atoms with Gasteiger partial charge in [0.1, 0.15) is 12.4 Å². The minimum absolute atomic E-state index is 0.166. The van der Waals surface area contributed by atoms with Gasteiger partial charge in [-0.3, -0.25) is 4.79 Å². The second-order valence-electron chi connectivity index (χ2n) is 6.93.